The average Bonchev–Trinajstić information content (AvgIpc) is 2.53. The van der Waals surface area contributed by atoms with Crippen molar-refractivity contribution < 1.29 is 4.79 Å². The summed E-state index contributed by atoms with van der Waals surface area (Å²) in [6.45, 7) is 1.71. The maximum Gasteiger partial charge on any atom is 0.254 e. The quantitative estimate of drug-likeness (QED) is 0.789. The van der Waals surface area contributed by atoms with Gasteiger partial charge in [0, 0.05) is 30.0 Å². The van der Waals surface area contributed by atoms with Gasteiger partial charge in [-0.25, -0.2) is 0 Å². The van der Waals surface area contributed by atoms with Crippen LogP contribution in [0.2, 0.25) is 0 Å². The molecule has 1 aromatic carbocycles. The number of likely N-dealkylation sites (tertiary alicyclic amines) is 1. The van der Waals surface area contributed by atoms with Gasteiger partial charge in [-0.05, 0) is 30.9 Å². The van der Waals surface area contributed by atoms with Gasteiger partial charge in [0.25, 0.3) is 5.91 Å². The van der Waals surface area contributed by atoms with E-state index in [1.807, 2.05) is 35.2 Å². The van der Waals surface area contributed by atoms with Gasteiger partial charge in [0.15, 0.2) is 0 Å². The molecule has 1 aliphatic heterocycles. The van der Waals surface area contributed by atoms with Crippen molar-refractivity contribution in [3.63, 3.8) is 0 Å². The molecule has 0 aliphatic carbocycles. The van der Waals surface area contributed by atoms with Gasteiger partial charge in [-0.15, -0.1) is 0 Å². The summed E-state index contributed by atoms with van der Waals surface area (Å²) in [5, 5.41) is 1.91. The average molecular weight is 333 g/mol. The third kappa shape index (κ3) is 2.57. The molecule has 2 aromatic rings. The Bertz CT molecular complexity index is 623. The minimum atomic E-state index is 0.134. The molecule has 1 atom stereocenters. The second-order valence-corrected chi connectivity index (χ2v) is 5.94. The highest BCUT2D eigenvalue weighted by molar-refractivity contribution is 9.09. The van der Waals surface area contributed by atoms with Crippen molar-refractivity contribution in [3.05, 3.63) is 42.1 Å². The van der Waals surface area contributed by atoms with Gasteiger partial charge in [-0.3, -0.25) is 9.78 Å². The first-order valence-corrected chi connectivity index (χ1v) is 8.10. The van der Waals surface area contributed by atoms with Crippen LogP contribution in [0.5, 0.6) is 0 Å². The number of aromatic nitrogens is 1. The first kappa shape index (κ1) is 13.6. The molecular weight excluding hydrogens is 316 g/mol. The number of rotatable bonds is 2. The molecule has 0 radical (unpaired) electrons. The van der Waals surface area contributed by atoms with Crippen LogP contribution in [0.1, 0.15) is 23.2 Å². The maximum atomic E-state index is 12.8. The molecule has 4 heteroatoms. The van der Waals surface area contributed by atoms with Gasteiger partial charge < -0.3 is 4.90 Å². The van der Waals surface area contributed by atoms with E-state index in [4.69, 9.17) is 0 Å². The van der Waals surface area contributed by atoms with Gasteiger partial charge in [-0.1, -0.05) is 34.1 Å². The molecule has 3 nitrogen and oxygen atoms in total. The smallest absolute Gasteiger partial charge is 0.254 e. The molecule has 0 spiro atoms. The van der Waals surface area contributed by atoms with Crippen LogP contribution in [0.4, 0.5) is 0 Å². The van der Waals surface area contributed by atoms with E-state index in [0.717, 1.165) is 41.3 Å². The van der Waals surface area contributed by atoms with Crippen LogP contribution in [0.15, 0.2) is 36.5 Å². The standard InChI is InChI=1S/C16H17BrN2O/c17-10-12-4-3-9-19(11-12)16(20)14-7-8-18-15-6-2-1-5-13(14)15/h1-2,5-8,12H,3-4,9-11H2. The molecule has 0 saturated carbocycles. The van der Waals surface area contributed by atoms with Crippen LogP contribution in [-0.2, 0) is 0 Å². The summed E-state index contributed by atoms with van der Waals surface area (Å²) >= 11 is 3.54. The van der Waals surface area contributed by atoms with Crippen LogP contribution in [0.25, 0.3) is 10.9 Å². The Hall–Kier alpha value is -1.42. The number of piperidine rings is 1. The van der Waals surface area contributed by atoms with Crippen LogP contribution in [0.3, 0.4) is 0 Å². The van der Waals surface area contributed by atoms with Crippen molar-refractivity contribution in [1.29, 1.82) is 0 Å². The minimum absolute atomic E-state index is 0.134. The molecule has 2 heterocycles. The van der Waals surface area contributed by atoms with Gasteiger partial charge in [0.05, 0.1) is 11.1 Å². The third-order valence-electron chi connectivity index (χ3n) is 3.90. The van der Waals surface area contributed by atoms with E-state index < -0.39 is 0 Å². The molecule has 0 bridgehead atoms. The molecule has 1 aliphatic rings. The SMILES string of the molecule is O=C(c1ccnc2ccccc12)N1CCCC(CBr)C1. The number of amides is 1. The molecular formula is C16H17BrN2O. The normalized spacial score (nSPS) is 19.2. The van der Waals surface area contributed by atoms with E-state index in [-0.39, 0.29) is 5.91 Å². The van der Waals surface area contributed by atoms with E-state index in [9.17, 15) is 4.79 Å². The number of pyridine rings is 1. The lowest BCUT2D eigenvalue weighted by molar-refractivity contribution is 0.0688. The molecule has 1 unspecified atom stereocenters. The summed E-state index contributed by atoms with van der Waals surface area (Å²) in [6, 6.07) is 9.66. The van der Waals surface area contributed by atoms with Gasteiger partial charge in [0.2, 0.25) is 0 Å². The lowest BCUT2D eigenvalue weighted by Crippen LogP contribution is -2.40. The molecule has 104 valence electrons. The van der Waals surface area contributed by atoms with E-state index in [2.05, 4.69) is 20.9 Å². The van der Waals surface area contributed by atoms with Crippen molar-refractivity contribution in [2.45, 2.75) is 12.8 Å². The largest absolute Gasteiger partial charge is 0.338 e. The van der Waals surface area contributed by atoms with E-state index in [0.29, 0.717) is 5.92 Å². The lowest BCUT2D eigenvalue weighted by atomic mass is 9.99. The summed E-state index contributed by atoms with van der Waals surface area (Å²) in [5.74, 6) is 0.704. The molecule has 3 rings (SSSR count). The first-order valence-electron chi connectivity index (χ1n) is 6.98. The number of hydrogen-bond donors (Lipinski definition) is 0. The number of carbonyl (C=O) groups is 1. The zero-order valence-corrected chi connectivity index (χ0v) is 12.8. The third-order valence-corrected chi connectivity index (χ3v) is 4.82. The Kier molecular flexibility index (Phi) is 4.01. The number of alkyl halides is 1. The number of benzene rings is 1. The summed E-state index contributed by atoms with van der Waals surface area (Å²) < 4.78 is 0. The highest BCUT2D eigenvalue weighted by Crippen LogP contribution is 2.23. The number of nitrogens with zero attached hydrogens (tertiary/aromatic N) is 2. The Labute approximate surface area is 127 Å². The van der Waals surface area contributed by atoms with Crippen LogP contribution in [0, 0.1) is 5.92 Å². The van der Waals surface area contributed by atoms with Crippen molar-refractivity contribution in [2.75, 3.05) is 18.4 Å². The van der Waals surface area contributed by atoms with Crippen LogP contribution in [-0.4, -0.2) is 34.2 Å². The molecule has 1 aromatic heterocycles. The van der Waals surface area contributed by atoms with E-state index in [1.54, 1.807) is 6.20 Å². The summed E-state index contributed by atoms with van der Waals surface area (Å²) in [4.78, 5) is 19.1. The summed E-state index contributed by atoms with van der Waals surface area (Å²) in [6.07, 6.45) is 4.01. The zero-order chi connectivity index (χ0) is 13.9. The number of fused-ring (bicyclic) bond motifs is 1. The van der Waals surface area contributed by atoms with Crippen molar-refractivity contribution in [1.82, 2.24) is 9.88 Å². The van der Waals surface area contributed by atoms with Crippen LogP contribution >= 0.6 is 15.9 Å². The fourth-order valence-corrected chi connectivity index (χ4v) is 3.36. The molecule has 20 heavy (non-hydrogen) atoms. The van der Waals surface area contributed by atoms with Gasteiger partial charge >= 0.3 is 0 Å². The second-order valence-electron chi connectivity index (χ2n) is 5.29. The van der Waals surface area contributed by atoms with Crippen molar-refractivity contribution in [2.24, 2.45) is 5.92 Å². The second kappa shape index (κ2) is 5.92. The van der Waals surface area contributed by atoms with Crippen LogP contribution < -0.4 is 0 Å². The zero-order valence-electron chi connectivity index (χ0n) is 11.3. The Morgan fingerprint density at radius 2 is 2.20 bits per heavy atom. The molecule has 1 amide bonds. The lowest BCUT2D eigenvalue weighted by Gasteiger charge is -2.32. The Morgan fingerprint density at radius 3 is 3.05 bits per heavy atom. The number of carbonyl (C=O) groups excluding carboxylic acids is 1. The highest BCUT2D eigenvalue weighted by atomic mass is 79.9. The molecule has 1 saturated heterocycles. The summed E-state index contributed by atoms with van der Waals surface area (Å²) in [7, 11) is 0. The molecule has 1 fully saturated rings. The monoisotopic (exact) mass is 332 g/mol. The van der Waals surface area contributed by atoms with Gasteiger partial charge in [0.1, 0.15) is 0 Å². The predicted molar refractivity (Wildman–Crippen MR) is 84.2 cm³/mol. The summed E-state index contributed by atoms with van der Waals surface area (Å²) in [5.41, 5.74) is 1.65. The van der Waals surface area contributed by atoms with Crippen molar-refractivity contribution in [3.8, 4) is 0 Å². The Balaban J connectivity index is 1.92. The first-order chi connectivity index (χ1) is 9.79. The van der Waals surface area contributed by atoms with Gasteiger partial charge in [-0.2, -0.15) is 0 Å². The minimum Gasteiger partial charge on any atom is -0.338 e. The molecule has 0 N–H and O–H groups in total. The maximum absolute atomic E-state index is 12.8. The fourth-order valence-electron chi connectivity index (χ4n) is 2.83. The predicted octanol–water partition coefficient (Wildman–Crippen LogP) is 3.48. The number of halogens is 1. The van der Waals surface area contributed by atoms with Crippen molar-refractivity contribution >= 4 is 32.7 Å². The number of hydrogen-bond acceptors (Lipinski definition) is 2. The number of para-hydroxylation sites is 1. The fraction of sp³-hybridized carbons (Fsp3) is 0.375. The topological polar surface area (TPSA) is 33.2 Å². The highest BCUT2D eigenvalue weighted by Gasteiger charge is 2.24. The van der Waals surface area contributed by atoms with E-state index in [1.165, 1.54) is 6.42 Å². The Morgan fingerprint density at radius 1 is 1.35 bits per heavy atom. The van der Waals surface area contributed by atoms with E-state index >= 15 is 0 Å².